The van der Waals surface area contributed by atoms with E-state index < -0.39 is 0 Å². The average Bonchev–Trinajstić information content (AvgIpc) is 3.28. The number of hydrogen-bond acceptors (Lipinski definition) is 2. The second-order valence-corrected chi connectivity index (χ2v) is 5.34. The Bertz CT molecular complexity index is 609. The van der Waals surface area contributed by atoms with E-state index in [-0.39, 0.29) is 11.8 Å². The van der Waals surface area contributed by atoms with Crippen molar-refractivity contribution in [2.45, 2.75) is 25.8 Å². The Balaban J connectivity index is 1.56. The molecule has 3 rings (SSSR count). The molecule has 1 amide bonds. The minimum absolute atomic E-state index is 0.126. The summed E-state index contributed by atoms with van der Waals surface area (Å²) in [7, 11) is 0. The molecular formula is C17H18N2O. The molecule has 1 aromatic carbocycles. The molecule has 3 nitrogen and oxygen atoms in total. The third kappa shape index (κ3) is 2.72. The highest BCUT2D eigenvalue weighted by atomic mass is 16.2. The molecule has 0 aliphatic heterocycles. The molecule has 1 fully saturated rings. The van der Waals surface area contributed by atoms with Gasteiger partial charge in [0.05, 0.1) is 12.2 Å². The smallest absolute Gasteiger partial charge is 0.224 e. The van der Waals surface area contributed by atoms with Crippen LogP contribution in [0.5, 0.6) is 0 Å². The molecule has 0 bridgehead atoms. The molecule has 0 unspecified atom stereocenters. The Morgan fingerprint density at radius 1 is 1.25 bits per heavy atom. The minimum atomic E-state index is 0.126. The van der Waals surface area contributed by atoms with Gasteiger partial charge in [-0.1, -0.05) is 36.4 Å². The Morgan fingerprint density at radius 2 is 2.05 bits per heavy atom. The summed E-state index contributed by atoms with van der Waals surface area (Å²) in [6.45, 7) is 2.53. The number of benzene rings is 1. The van der Waals surface area contributed by atoms with E-state index in [1.54, 1.807) is 6.20 Å². The molecule has 0 spiro atoms. The number of aryl methyl sites for hydroxylation is 1. The van der Waals surface area contributed by atoms with Crippen molar-refractivity contribution < 1.29 is 4.79 Å². The van der Waals surface area contributed by atoms with E-state index in [4.69, 9.17) is 0 Å². The first-order valence-electron chi connectivity index (χ1n) is 6.99. The van der Waals surface area contributed by atoms with Gasteiger partial charge in [-0.3, -0.25) is 9.78 Å². The highest BCUT2D eigenvalue weighted by molar-refractivity contribution is 5.82. The van der Waals surface area contributed by atoms with Crippen molar-refractivity contribution in [2.75, 3.05) is 0 Å². The van der Waals surface area contributed by atoms with E-state index in [9.17, 15) is 4.79 Å². The van der Waals surface area contributed by atoms with E-state index >= 15 is 0 Å². The molecule has 2 aromatic rings. The summed E-state index contributed by atoms with van der Waals surface area (Å²) in [6, 6.07) is 14.2. The molecule has 0 saturated heterocycles. The highest BCUT2D eigenvalue weighted by Gasteiger charge is 2.43. The predicted octanol–water partition coefficient (Wildman–Crippen LogP) is 2.81. The zero-order chi connectivity index (χ0) is 13.9. The summed E-state index contributed by atoms with van der Waals surface area (Å²) in [5.41, 5.74) is 3.32. The maximum atomic E-state index is 12.1. The number of amides is 1. The van der Waals surface area contributed by atoms with Gasteiger partial charge in [0.25, 0.3) is 0 Å². The quantitative estimate of drug-likeness (QED) is 0.924. The SMILES string of the molecule is Cc1cccnc1CNC(=O)[C@H]1C[C@@H]1c1ccccc1. The summed E-state index contributed by atoms with van der Waals surface area (Å²) in [5.74, 6) is 0.659. The van der Waals surface area contributed by atoms with Gasteiger partial charge in [0.15, 0.2) is 0 Å². The summed E-state index contributed by atoms with van der Waals surface area (Å²) in [5, 5.41) is 3.00. The van der Waals surface area contributed by atoms with Crippen LogP contribution in [0.3, 0.4) is 0 Å². The number of pyridine rings is 1. The number of carbonyl (C=O) groups is 1. The van der Waals surface area contributed by atoms with Crippen molar-refractivity contribution >= 4 is 5.91 Å². The van der Waals surface area contributed by atoms with Gasteiger partial charge in [0, 0.05) is 12.1 Å². The Labute approximate surface area is 119 Å². The van der Waals surface area contributed by atoms with E-state index in [0.29, 0.717) is 12.5 Å². The molecule has 102 valence electrons. The molecule has 1 aliphatic rings. The Morgan fingerprint density at radius 3 is 2.80 bits per heavy atom. The molecule has 1 aliphatic carbocycles. The van der Waals surface area contributed by atoms with E-state index in [1.165, 1.54) is 5.56 Å². The second kappa shape index (κ2) is 5.45. The van der Waals surface area contributed by atoms with Crippen LogP contribution in [0.1, 0.15) is 29.2 Å². The fraction of sp³-hybridized carbons (Fsp3) is 0.294. The first-order chi connectivity index (χ1) is 9.75. The number of rotatable bonds is 4. The van der Waals surface area contributed by atoms with Gasteiger partial charge < -0.3 is 5.32 Å². The molecule has 2 atom stereocenters. The lowest BCUT2D eigenvalue weighted by atomic mass is 10.1. The maximum Gasteiger partial charge on any atom is 0.224 e. The minimum Gasteiger partial charge on any atom is -0.350 e. The Hall–Kier alpha value is -2.16. The number of carbonyl (C=O) groups excluding carboxylic acids is 1. The lowest BCUT2D eigenvalue weighted by Gasteiger charge is -2.06. The first kappa shape index (κ1) is 12.9. The zero-order valence-electron chi connectivity index (χ0n) is 11.5. The third-order valence-electron chi connectivity index (χ3n) is 3.90. The molecular weight excluding hydrogens is 248 g/mol. The van der Waals surface area contributed by atoms with Crippen LogP contribution in [0.25, 0.3) is 0 Å². The largest absolute Gasteiger partial charge is 0.350 e. The van der Waals surface area contributed by atoms with Crippen LogP contribution >= 0.6 is 0 Å². The molecule has 1 saturated carbocycles. The van der Waals surface area contributed by atoms with Gasteiger partial charge in [0.2, 0.25) is 5.91 Å². The normalized spacial score (nSPS) is 20.4. The zero-order valence-corrected chi connectivity index (χ0v) is 11.5. The topological polar surface area (TPSA) is 42.0 Å². The predicted molar refractivity (Wildman–Crippen MR) is 78.1 cm³/mol. The van der Waals surface area contributed by atoms with Crippen LogP contribution in [-0.2, 0) is 11.3 Å². The van der Waals surface area contributed by atoms with Crippen molar-refractivity contribution in [3.05, 3.63) is 65.5 Å². The van der Waals surface area contributed by atoms with Gasteiger partial charge in [-0.25, -0.2) is 0 Å². The molecule has 3 heteroatoms. The molecule has 1 N–H and O–H groups in total. The van der Waals surface area contributed by atoms with Gasteiger partial charge >= 0.3 is 0 Å². The number of nitrogens with zero attached hydrogens (tertiary/aromatic N) is 1. The standard InChI is InChI=1S/C17H18N2O/c1-12-6-5-9-18-16(12)11-19-17(20)15-10-14(15)13-7-3-2-4-8-13/h2-9,14-15H,10-11H2,1H3,(H,19,20)/t14-,15+/m1/s1. The first-order valence-corrected chi connectivity index (χ1v) is 6.99. The van der Waals surface area contributed by atoms with Crippen molar-refractivity contribution in [3.8, 4) is 0 Å². The molecule has 0 radical (unpaired) electrons. The van der Waals surface area contributed by atoms with E-state index in [1.807, 2.05) is 37.3 Å². The Kier molecular flexibility index (Phi) is 3.50. The summed E-state index contributed by atoms with van der Waals surface area (Å²) >= 11 is 0. The van der Waals surface area contributed by atoms with Gasteiger partial charge in [0.1, 0.15) is 0 Å². The summed E-state index contributed by atoms with van der Waals surface area (Å²) in [6.07, 6.45) is 2.72. The lowest BCUT2D eigenvalue weighted by Crippen LogP contribution is -2.25. The molecule has 20 heavy (non-hydrogen) atoms. The van der Waals surface area contributed by atoms with Gasteiger partial charge in [-0.15, -0.1) is 0 Å². The second-order valence-electron chi connectivity index (χ2n) is 5.34. The van der Waals surface area contributed by atoms with Crippen LogP contribution in [0.15, 0.2) is 48.7 Å². The highest BCUT2D eigenvalue weighted by Crippen LogP contribution is 2.47. The van der Waals surface area contributed by atoms with Crippen LogP contribution in [0, 0.1) is 12.8 Å². The fourth-order valence-electron chi connectivity index (χ4n) is 2.56. The molecule has 1 heterocycles. The summed E-state index contributed by atoms with van der Waals surface area (Å²) in [4.78, 5) is 16.4. The summed E-state index contributed by atoms with van der Waals surface area (Å²) < 4.78 is 0. The fourth-order valence-corrected chi connectivity index (χ4v) is 2.56. The van der Waals surface area contributed by atoms with Gasteiger partial charge in [-0.05, 0) is 36.5 Å². The van der Waals surface area contributed by atoms with Crippen LogP contribution in [-0.4, -0.2) is 10.9 Å². The van der Waals surface area contributed by atoms with Crippen LogP contribution in [0.4, 0.5) is 0 Å². The number of nitrogens with one attached hydrogen (secondary N) is 1. The van der Waals surface area contributed by atoms with Gasteiger partial charge in [-0.2, -0.15) is 0 Å². The van der Waals surface area contributed by atoms with Crippen molar-refractivity contribution in [3.63, 3.8) is 0 Å². The van der Waals surface area contributed by atoms with Crippen LogP contribution < -0.4 is 5.32 Å². The van der Waals surface area contributed by atoms with Crippen molar-refractivity contribution in [2.24, 2.45) is 5.92 Å². The average molecular weight is 266 g/mol. The van der Waals surface area contributed by atoms with E-state index in [2.05, 4.69) is 22.4 Å². The molecule has 1 aromatic heterocycles. The van der Waals surface area contributed by atoms with E-state index in [0.717, 1.165) is 17.7 Å². The lowest BCUT2D eigenvalue weighted by molar-refractivity contribution is -0.122. The van der Waals surface area contributed by atoms with Crippen molar-refractivity contribution in [1.29, 1.82) is 0 Å². The number of hydrogen-bond donors (Lipinski definition) is 1. The van der Waals surface area contributed by atoms with Crippen molar-refractivity contribution in [1.82, 2.24) is 10.3 Å². The number of aromatic nitrogens is 1. The third-order valence-corrected chi connectivity index (χ3v) is 3.90. The maximum absolute atomic E-state index is 12.1. The monoisotopic (exact) mass is 266 g/mol. The van der Waals surface area contributed by atoms with Crippen LogP contribution in [0.2, 0.25) is 0 Å².